The van der Waals surface area contributed by atoms with Crippen LogP contribution in [0, 0.1) is 0 Å². The van der Waals surface area contributed by atoms with E-state index < -0.39 is 14.2 Å². The molecular formula is C5H9O5P. The third kappa shape index (κ3) is 9.49. The van der Waals surface area contributed by atoms with Crippen LogP contribution in [-0.4, -0.2) is 17.7 Å². The molecule has 0 aromatic rings. The second-order valence-corrected chi connectivity index (χ2v) is 2.61. The molecule has 1 unspecified atom stereocenters. The summed E-state index contributed by atoms with van der Waals surface area (Å²) in [6.07, 6.45) is 0.952. The first-order chi connectivity index (χ1) is 5.13. The summed E-state index contributed by atoms with van der Waals surface area (Å²) >= 11 is 0. The fraction of sp³-hybridized carbons (Fsp3) is 0.800. The molecule has 11 heavy (non-hydrogen) atoms. The van der Waals surface area contributed by atoms with Crippen LogP contribution >= 0.6 is 8.25 Å². The molecule has 6 heteroatoms. The number of aliphatic carboxylic acids is 1. The van der Waals surface area contributed by atoms with Gasteiger partial charge in [-0.25, -0.2) is 0 Å². The molecule has 1 N–H and O–H groups in total. The molecule has 0 saturated carbocycles. The zero-order chi connectivity index (χ0) is 8.69. The molecule has 0 fully saturated rings. The zero-order valence-electron chi connectivity index (χ0n) is 5.86. The van der Waals surface area contributed by atoms with Crippen molar-refractivity contribution in [2.24, 2.45) is 0 Å². The molecule has 0 rings (SSSR count). The van der Waals surface area contributed by atoms with Crippen LogP contribution in [0.25, 0.3) is 0 Å². The van der Waals surface area contributed by atoms with Crippen LogP contribution in [0.5, 0.6) is 0 Å². The topological polar surface area (TPSA) is 86.7 Å². The van der Waals surface area contributed by atoms with Crippen LogP contribution in [0.3, 0.4) is 0 Å². The lowest BCUT2D eigenvalue weighted by Crippen LogP contribution is -1.97. The normalized spacial score (nSPS) is 11.2. The Morgan fingerprint density at radius 1 is 1.55 bits per heavy atom. The first-order valence-corrected chi connectivity index (χ1v) is 4.21. The molecule has 0 heterocycles. The molecule has 0 spiro atoms. The van der Waals surface area contributed by atoms with Crippen molar-refractivity contribution in [1.82, 2.24) is 0 Å². The van der Waals surface area contributed by atoms with Gasteiger partial charge < -0.3 is 10.00 Å². The van der Waals surface area contributed by atoms with E-state index in [4.69, 9.17) is 5.11 Å². The molecular weight excluding hydrogens is 171 g/mol. The molecule has 1 atom stereocenters. The van der Waals surface area contributed by atoms with Crippen LogP contribution in [0.15, 0.2) is 0 Å². The molecule has 0 radical (unpaired) electrons. The molecule has 0 aliphatic rings. The summed E-state index contributed by atoms with van der Waals surface area (Å²) in [5.41, 5.74) is 0. The minimum atomic E-state index is -2.78. The van der Waals surface area contributed by atoms with Gasteiger partial charge in [0.25, 0.3) is 0 Å². The average molecular weight is 180 g/mol. The quantitative estimate of drug-likeness (QED) is 0.468. The highest BCUT2D eigenvalue weighted by Crippen LogP contribution is 2.09. The van der Waals surface area contributed by atoms with Gasteiger partial charge in [0.15, 0.2) is 0 Å². The Labute approximate surface area is 64.9 Å². The molecule has 0 aromatic heterocycles. The average Bonchev–Trinajstić information content (AvgIpc) is 1.85. The first kappa shape index (κ1) is 10.5. The first-order valence-electron chi connectivity index (χ1n) is 3.12. The Morgan fingerprint density at radius 3 is 2.64 bits per heavy atom. The Kier molecular flexibility index (Phi) is 5.93. The van der Waals surface area contributed by atoms with Gasteiger partial charge in [0.05, 0.1) is 0 Å². The van der Waals surface area contributed by atoms with Gasteiger partial charge in [0, 0.05) is 6.42 Å². The predicted molar refractivity (Wildman–Crippen MR) is 35.0 cm³/mol. The van der Waals surface area contributed by atoms with Gasteiger partial charge in [-0.3, -0.25) is 4.79 Å². The second kappa shape index (κ2) is 6.22. The number of carboxylic acid groups (broad SMARTS) is 1. The SMILES string of the molecule is O=C(O)CCCCO[P+](=O)[O-]. The maximum Gasteiger partial charge on any atom is 0.488 e. The van der Waals surface area contributed by atoms with Crippen molar-refractivity contribution >= 4 is 14.2 Å². The summed E-state index contributed by atoms with van der Waals surface area (Å²) in [6.45, 7) is 0.0754. The summed E-state index contributed by atoms with van der Waals surface area (Å²) < 4.78 is 14.0. The Bertz CT molecular complexity index is 130. The summed E-state index contributed by atoms with van der Waals surface area (Å²) in [7, 11) is -2.78. The fourth-order valence-electron chi connectivity index (χ4n) is 0.517. The van der Waals surface area contributed by atoms with E-state index in [1.165, 1.54) is 0 Å². The zero-order valence-corrected chi connectivity index (χ0v) is 6.75. The van der Waals surface area contributed by atoms with Gasteiger partial charge in [-0.1, -0.05) is 0 Å². The summed E-state index contributed by atoms with van der Waals surface area (Å²) in [4.78, 5) is 19.7. The molecule has 0 aliphatic carbocycles. The minimum absolute atomic E-state index is 0.0546. The van der Waals surface area contributed by atoms with E-state index in [2.05, 4.69) is 4.52 Å². The van der Waals surface area contributed by atoms with Crippen molar-refractivity contribution in [3.8, 4) is 0 Å². The lowest BCUT2D eigenvalue weighted by Gasteiger charge is -1.92. The second-order valence-electron chi connectivity index (χ2n) is 1.91. The van der Waals surface area contributed by atoms with E-state index in [0.29, 0.717) is 12.8 Å². The molecule has 5 nitrogen and oxygen atoms in total. The maximum absolute atomic E-state index is 9.94. The number of carboxylic acids is 1. The lowest BCUT2D eigenvalue weighted by atomic mass is 10.2. The summed E-state index contributed by atoms with van der Waals surface area (Å²) in [5.74, 6) is -0.878. The van der Waals surface area contributed by atoms with E-state index in [1.807, 2.05) is 0 Å². The van der Waals surface area contributed by atoms with E-state index in [9.17, 15) is 14.3 Å². The van der Waals surface area contributed by atoms with Crippen molar-refractivity contribution in [3.63, 3.8) is 0 Å². The smallest absolute Gasteiger partial charge is 0.488 e. The van der Waals surface area contributed by atoms with Gasteiger partial charge >= 0.3 is 14.2 Å². The molecule has 0 aromatic carbocycles. The highest BCUT2D eigenvalue weighted by Gasteiger charge is 2.01. The van der Waals surface area contributed by atoms with E-state index >= 15 is 0 Å². The van der Waals surface area contributed by atoms with Gasteiger partial charge in [-0.15, -0.1) is 4.52 Å². The highest BCUT2D eigenvalue weighted by molar-refractivity contribution is 7.30. The number of unbranched alkanes of at least 4 members (excludes halogenated alkanes) is 1. The van der Waals surface area contributed by atoms with Gasteiger partial charge in [-0.05, 0) is 17.4 Å². The third-order valence-corrected chi connectivity index (χ3v) is 1.38. The van der Waals surface area contributed by atoms with Crippen molar-refractivity contribution in [3.05, 3.63) is 0 Å². The molecule has 0 aliphatic heterocycles. The predicted octanol–water partition coefficient (Wildman–Crippen LogP) is 0.276. The molecule has 0 amide bonds. The van der Waals surface area contributed by atoms with Gasteiger partial charge in [-0.2, -0.15) is 0 Å². The summed E-state index contributed by atoms with van der Waals surface area (Å²) in [6, 6.07) is 0. The van der Waals surface area contributed by atoms with Crippen molar-refractivity contribution < 1.29 is 23.9 Å². The number of hydrogen-bond acceptors (Lipinski definition) is 4. The standard InChI is InChI=1S/C5H9O5P/c6-5(7)3-1-2-4-10-11(8)9/h1-4H2,(H,6,7). The minimum Gasteiger partial charge on any atom is -0.566 e. The van der Waals surface area contributed by atoms with Crippen LogP contribution in [0.4, 0.5) is 0 Å². The van der Waals surface area contributed by atoms with E-state index in [-0.39, 0.29) is 13.0 Å². The highest BCUT2D eigenvalue weighted by atomic mass is 31.1. The monoisotopic (exact) mass is 180 g/mol. The van der Waals surface area contributed by atoms with Gasteiger partial charge in [0.2, 0.25) is 0 Å². The number of rotatable bonds is 6. The number of hydrogen-bond donors (Lipinski definition) is 1. The van der Waals surface area contributed by atoms with Crippen molar-refractivity contribution in [2.45, 2.75) is 19.3 Å². The Balaban J connectivity index is 3.03. The fourth-order valence-corrected chi connectivity index (χ4v) is 0.796. The molecule has 64 valence electrons. The largest absolute Gasteiger partial charge is 0.566 e. The maximum atomic E-state index is 9.94. The van der Waals surface area contributed by atoms with Crippen molar-refractivity contribution in [2.75, 3.05) is 6.61 Å². The van der Waals surface area contributed by atoms with Crippen LogP contribution in [0.1, 0.15) is 19.3 Å². The number of carbonyl (C=O) groups is 1. The third-order valence-electron chi connectivity index (χ3n) is 0.982. The van der Waals surface area contributed by atoms with Crippen LogP contribution in [0.2, 0.25) is 0 Å². The van der Waals surface area contributed by atoms with E-state index in [1.54, 1.807) is 0 Å². The van der Waals surface area contributed by atoms with Crippen LogP contribution < -0.4 is 4.89 Å². The summed E-state index contributed by atoms with van der Waals surface area (Å²) in [5, 5.41) is 8.16. The Hall–Kier alpha value is -0.510. The Morgan fingerprint density at radius 2 is 2.18 bits per heavy atom. The van der Waals surface area contributed by atoms with Gasteiger partial charge in [0.1, 0.15) is 6.61 Å². The van der Waals surface area contributed by atoms with E-state index in [0.717, 1.165) is 0 Å². The van der Waals surface area contributed by atoms with Crippen molar-refractivity contribution in [1.29, 1.82) is 0 Å². The molecule has 0 bridgehead atoms. The molecule has 0 saturated heterocycles. The van der Waals surface area contributed by atoms with Crippen LogP contribution in [-0.2, 0) is 13.9 Å². The lowest BCUT2D eigenvalue weighted by molar-refractivity contribution is -0.185.